The Bertz CT molecular complexity index is 733. The van der Waals surface area contributed by atoms with Crippen LogP contribution in [0.15, 0.2) is 23.1 Å². The first-order chi connectivity index (χ1) is 11.6. The highest BCUT2D eigenvalue weighted by molar-refractivity contribution is 7.89. The average Bonchev–Trinajstić information content (AvgIpc) is 2.52. The lowest BCUT2D eigenvalue weighted by molar-refractivity contribution is -0.158. The normalized spacial score (nSPS) is 14.9. The molecule has 1 N–H and O–H groups in total. The molecule has 1 amide bonds. The summed E-state index contributed by atoms with van der Waals surface area (Å²) in [5.74, 6) is -0.773. The third kappa shape index (κ3) is 5.71. The maximum Gasteiger partial charge on any atom is 0.406 e. The number of hydrogen-bond donors (Lipinski definition) is 1. The molecule has 9 heteroatoms. The van der Waals surface area contributed by atoms with Gasteiger partial charge < -0.3 is 4.90 Å². The fraction of sp³-hybridized carbons (Fsp3) is 0.562. The molecule has 0 heterocycles. The van der Waals surface area contributed by atoms with Gasteiger partial charge in [-0.3, -0.25) is 4.79 Å². The van der Waals surface area contributed by atoms with Crippen molar-refractivity contribution in [1.82, 2.24) is 9.62 Å². The lowest BCUT2D eigenvalue weighted by Crippen LogP contribution is -2.37. The van der Waals surface area contributed by atoms with E-state index in [9.17, 15) is 26.4 Å². The first kappa shape index (κ1) is 19.7. The number of benzene rings is 1. The zero-order valence-corrected chi connectivity index (χ0v) is 14.7. The first-order valence-corrected chi connectivity index (χ1v) is 9.49. The smallest absolute Gasteiger partial charge is 0.337 e. The van der Waals surface area contributed by atoms with Crippen LogP contribution in [0.25, 0.3) is 0 Å². The van der Waals surface area contributed by atoms with Gasteiger partial charge in [0.05, 0.1) is 4.90 Å². The van der Waals surface area contributed by atoms with E-state index in [1.54, 1.807) is 12.1 Å². The Labute approximate surface area is 145 Å². The highest BCUT2D eigenvalue weighted by atomic mass is 32.2. The molecule has 1 aromatic carbocycles. The quantitative estimate of drug-likeness (QED) is 0.826. The molecule has 0 fully saturated rings. The van der Waals surface area contributed by atoms with Crippen molar-refractivity contribution in [2.75, 3.05) is 20.1 Å². The molecule has 1 aromatic rings. The third-order valence-electron chi connectivity index (χ3n) is 4.10. The second kappa shape index (κ2) is 7.74. The number of amides is 1. The zero-order chi connectivity index (χ0) is 18.7. The van der Waals surface area contributed by atoms with Crippen LogP contribution in [0.1, 0.15) is 30.4 Å². The Morgan fingerprint density at radius 2 is 1.84 bits per heavy atom. The van der Waals surface area contributed by atoms with Crippen LogP contribution in [0.3, 0.4) is 0 Å². The van der Waals surface area contributed by atoms with Crippen LogP contribution < -0.4 is 4.72 Å². The number of halogens is 3. The summed E-state index contributed by atoms with van der Waals surface area (Å²) in [6.07, 6.45) is -0.943. The average molecular weight is 378 g/mol. The van der Waals surface area contributed by atoms with Gasteiger partial charge in [-0.25, -0.2) is 13.1 Å². The molecule has 0 saturated heterocycles. The number of sulfonamides is 1. The highest BCUT2D eigenvalue weighted by Gasteiger charge is 2.31. The largest absolute Gasteiger partial charge is 0.406 e. The van der Waals surface area contributed by atoms with Crippen LogP contribution in [-0.2, 0) is 27.7 Å². The van der Waals surface area contributed by atoms with Crippen LogP contribution in [-0.4, -0.2) is 45.5 Å². The molecule has 0 aliphatic heterocycles. The number of fused-ring (bicyclic) bond motifs is 1. The maximum absolute atomic E-state index is 12.3. The number of carbonyl (C=O) groups is 1. The molecule has 140 valence electrons. The van der Waals surface area contributed by atoms with Crippen LogP contribution in [0.4, 0.5) is 13.2 Å². The molecule has 5 nitrogen and oxygen atoms in total. The predicted octanol–water partition coefficient (Wildman–Crippen LogP) is 2.25. The Hall–Kier alpha value is -1.61. The fourth-order valence-electron chi connectivity index (χ4n) is 2.80. The minimum absolute atomic E-state index is 0.115. The van der Waals surface area contributed by atoms with Crippen molar-refractivity contribution in [2.24, 2.45) is 0 Å². The Balaban J connectivity index is 1.92. The summed E-state index contributed by atoms with van der Waals surface area (Å²) in [6, 6.07) is 4.95. The van der Waals surface area contributed by atoms with Crippen molar-refractivity contribution in [2.45, 2.75) is 43.2 Å². The zero-order valence-electron chi connectivity index (χ0n) is 13.9. The van der Waals surface area contributed by atoms with Crippen molar-refractivity contribution >= 4 is 15.9 Å². The van der Waals surface area contributed by atoms with Crippen molar-refractivity contribution in [3.05, 3.63) is 29.3 Å². The lowest BCUT2D eigenvalue weighted by atomic mass is 9.92. The fourth-order valence-corrected chi connectivity index (χ4v) is 3.88. The summed E-state index contributed by atoms with van der Waals surface area (Å²) in [5.41, 5.74) is 2.16. The standard InChI is InChI=1S/C16H21F3N2O3S/c1-21(11-16(17,18)19)15(22)8-9-20-25(23,24)14-7-6-12-4-2-3-5-13(12)10-14/h6-7,10,20H,2-5,8-9,11H2,1H3. The predicted molar refractivity (Wildman–Crippen MR) is 86.6 cm³/mol. The number of nitrogens with zero attached hydrogens (tertiary/aromatic N) is 1. The van der Waals surface area contributed by atoms with E-state index in [4.69, 9.17) is 0 Å². The number of carbonyl (C=O) groups excluding carboxylic acids is 1. The lowest BCUT2D eigenvalue weighted by Gasteiger charge is -2.19. The van der Waals surface area contributed by atoms with Gasteiger partial charge in [0.25, 0.3) is 0 Å². The molecule has 0 saturated carbocycles. The summed E-state index contributed by atoms with van der Waals surface area (Å²) in [4.78, 5) is 12.3. The molecule has 25 heavy (non-hydrogen) atoms. The monoisotopic (exact) mass is 378 g/mol. The topological polar surface area (TPSA) is 66.5 Å². The van der Waals surface area contributed by atoms with Gasteiger partial charge in [0, 0.05) is 20.0 Å². The molecule has 0 unspecified atom stereocenters. The second-order valence-electron chi connectivity index (χ2n) is 6.15. The van der Waals surface area contributed by atoms with Crippen LogP contribution in [0, 0.1) is 0 Å². The van der Waals surface area contributed by atoms with E-state index in [2.05, 4.69) is 4.72 Å². The van der Waals surface area contributed by atoms with E-state index >= 15 is 0 Å². The number of hydrogen-bond acceptors (Lipinski definition) is 3. The molecule has 0 spiro atoms. The van der Waals surface area contributed by atoms with E-state index in [0.717, 1.165) is 43.9 Å². The minimum Gasteiger partial charge on any atom is -0.337 e. The van der Waals surface area contributed by atoms with Gasteiger partial charge in [-0.15, -0.1) is 0 Å². The van der Waals surface area contributed by atoms with E-state index in [-0.39, 0.29) is 17.9 Å². The summed E-state index contributed by atoms with van der Waals surface area (Å²) in [5, 5.41) is 0. The van der Waals surface area contributed by atoms with Crippen molar-refractivity contribution in [3.8, 4) is 0 Å². The van der Waals surface area contributed by atoms with Crippen molar-refractivity contribution < 1.29 is 26.4 Å². The van der Waals surface area contributed by atoms with Crippen LogP contribution in [0.5, 0.6) is 0 Å². The maximum atomic E-state index is 12.3. The molecular formula is C16H21F3N2O3S. The van der Waals surface area contributed by atoms with E-state index in [0.29, 0.717) is 4.90 Å². The minimum atomic E-state index is -4.48. The molecule has 0 radical (unpaired) electrons. The van der Waals surface area contributed by atoms with Gasteiger partial charge in [-0.05, 0) is 48.9 Å². The number of nitrogens with one attached hydrogen (secondary N) is 1. The summed E-state index contributed by atoms with van der Waals surface area (Å²) < 4.78 is 63.5. The van der Waals surface area contributed by atoms with Gasteiger partial charge in [0.1, 0.15) is 6.54 Å². The number of alkyl halides is 3. The molecular weight excluding hydrogens is 357 g/mol. The van der Waals surface area contributed by atoms with Crippen molar-refractivity contribution in [3.63, 3.8) is 0 Å². The van der Waals surface area contributed by atoms with Gasteiger partial charge in [-0.1, -0.05) is 6.07 Å². The Morgan fingerprint density at radius 3 is 2.48 bits per heavy atom. The van der Waals surface area contributed by atoms with Gasteiger partial charge >= 0.3 is 6.18 Å². The Morgan fingerprint density at radius 1 is 1.20 bits per heavy atom. The first-order valence-electron chi connectivity index (χ1n) is 8.01. The summed E-state index contributed by atoms with van der Waals surface area (Å²) in [7, 11) is -2.76. The molecule has 1 aliphatic carbocycles. The Kier molecular flexibility index (Phi) is 6.10. The third-order valence-corrected chi connectivity index (χ3v) is 5.56. The summed E-state index contributed by atoms with van der Waals surface area (Å²) in [6.45, 7) is -1.61. The molecule has 2 rings (SSSR count). The van der Waals surface area contributed by atoms with Crippen molar-refractivity contribution in [1.29, 1.82) is 0 Å². The molecule has 0 atom stereocenters. The second-order valence-corrected chi connectivity index (χ2v) is 7.92. The highest BCUT2D eigenvalue weighted by Crippen LogP contribution is 2.24. The molecule has 1 aliphatic rings. The van der Waals surface area contributed by atoms with Crippen LogP contribution >= 0.6 is 0 Å². The van der Waals surface area contributed by atoms with Gasteiger partial charge in [0.15, 0.2) is 0 Å². The molecule has 0 bridgehead atoms. The van der Waals surface area contributed by atoms with E-state index < -0.39 is 28.7 Å². The van der Waals surface area contributed by atoms with Crippen LogP contribution in [0.2, 0.25) is 0 Å². The molecule has 0 aromatic heterocycles. The SMILES string of the molecule is CN(CC(F)(F)F)C(=O)CCNS(=O)(=O)c1ccc2c(c1)CCCC2. The van der Waals surface area contributed by atoms with E-state index in [1.165, 1.54) is 6.07 Å². The summed E-state index contributed by atoms with van der Waals surface area (Å²) >= 11 is 0. The van der Waals surface area contributed by atoms with Gasteiger partial charge in [-0.2, -0.15) is 13.2 Å². The van der Waals surface area contributed by atoms with Gasteiger partial charge in [0.2, 0.25) is 15.9 Å². The number of rotatable bonds is 6. The number of aryl methyl sites for hydroxylation is 2. The van der Waals surface area contributed by atoms with E-state index in [1.807, 2.05) is 0 Å².